The highest BCUT2D eigenvalue weighted by molar-refractivity contribution is 5.95. The molecule has 3 heterocycles. The van der Waals surface area contributed by atoms with E-state index in [-0.39, 0.29) is 17.9 Å². The number of aryl methyl sites for hydroxylation is 1. The maximum atomic E-state index is 13.1. The average Bonchev–Trinajstić information content (AvgIpc) is 3.15. The number of carbonyl (C=O) groups excluding carboxylic acids is 1. The molecule has 8 nitrogen and oxygen atoms in total. The number of aromatic nitrogens is 5. The first-order valence-electron chi connectivity index (χ1n) is 8.13. The van der Waals surface area contributed by atoms with Gasteiger partial charge in [-0.2, -0.15) is 20.5 Å². The topological polar surface area (TPSA) is 99.9 Å². The van der Waals surface area contributed by atoms with Crippen molar-refractivity contribution in [2.45, 2.75) is 44.6 Å². The molecule has 1 aliphatic rings. The first kappa shape index (κ1) is 16.6. The number of nitrogens with one attached hydrogen (secondary N) is 1. The van der Waals surface area contributed by atoms with E-state index < -0.39 is 5.60 Å². The molecule has 24 heavy (non-hydrogen) atoms. The molecule has 3 rings (SSSR count). The van der Waals surface area contributed by atoms with Crippen LogP contribution in [0.5, 0.6) is 0 Å². The Bertz CT molecular complexity index is 730. The fourth-order valence-electron chi connectivity index (χ4n) is 3.21. The normalized spacial score (nSPS) is 22.0. The molecule has 130 valence electrons. The first-order valence-corrected chi connectivity index (χ1v) is 8.13. The SMILES string of the molecule is Cn1cc(C(=O)N2CCC[C@](O)(c3cn[nH]n3)C2)c(C(C)(C)C)n1. The summed E-state index contributed by atoms with van der Waals surface area (Å²) in [5.74, 6) is -0.102. The zero-order valence-electron chi connectivity index (χ0n) is 14.6. The highest BCUT2D eigenvalue weighted by atomic mass is 16.3. The number of hydrogen-bond acceptors (Lipinski definition) is 5. The van der Waals surface area contributed by atoms with Crippen molar-refractivity contribution in [2.75, 3.05) is 13.1 Å². The molecule has 2 N–H and O–H groups in total. The lowest BCUT2D eigenvalue weighted by atomic mass is 9.87. The van der Waals surface area contributed by atoms with Crippen LogP contribution in [0.2, 0.25) is 0 Å². The number of rotatable bonds is 2. The van der Waals surface area contributed by atoms with Gasteiger partial charge in [-0.1, -0.05) is 20.8 Å². The van der Waals surface area contributed by atoms with E-state index in [4.69, 9.17) is 0 Å². The molecule has 1 aliphatic heterocycles. The van der Waals surface area contributed by atoms with Gasteiger partial charge in [-0.3, -0.25) is 9.48 Å². The zero-order chi connectivity index (χ0) is 17.5. The Balaban J connectivity index is 1.88. The standard InChI is InChI=1S/C16H24N6O2/c1-15(2,3)13-11(9-21(4)19-13)14(23)22-7-5-6-16(24,10-22)12-8-17-20-18-12/h8-9,24H,5-7,10H2,1-4H3,(H,17,18,20)/t16-/m1/s1. The van der Waals surface area contributed by atoms with E-state index in [1.54, 1.807) is 15.8 Å². The largest absolute Gasteiger partial charge is 0.382 e. The van der Waals surface area contributed by atoms with Crippen molar-refractivity contribution in [3.8, 4) is 0 Å². The van der Waals surface area contributed by atoms with Crippen molar-refractivity contribution >= 4 is 5.91 Å². The molecule has 2 aromatic rings. The highest BCUT2D eigenvalue weighted by Gasteiger charge is 2.40. The Hall–Kier alpha value is -2.22. The molecule has 0 spiro atoms. The summed E-state index contributed by atoms with van der Waals surface area (Å²) in [6.45, 7) is 6.92. The summed E-state index contributed by atoms with van der Waals surface area (Å²) in [4.78, 5) is 14.7. The van der Waals surface area contributed by atoms with E-state index in [2.05, 4.69) is 20.5 Å². The minimum Gasteiger partial charge on any atom is -0.382 e. The van der Waals surface area contributed by atoms with Crippen LogP contribution in [0.1, 0.15) is 55.4 Å². The molecule has 0 aromatic carbocycles. The number of H-pyrrole nitrogens is 1. The van der Waals surface area contributed by atoms with E-state index >= 15 is 0 Å². The van der Waals surface area contributed by atoms with Crippen LogP contribution in [0.3, 0.4) is 0 Å². The lowest BCUT2D eigenvalue weighted by molar-refractivity contribution is -0.0320. The fraction of sp³-hybridized carbons (Fsp3) is 0.625. The van der Waals surface area contributed by atoms with Crippen LogP contribution < -0.4 is 0 Å². The van der Waals surface area contributed by atoms with Crippen molar-refractivity contribution < 1.29 is 9.90 Å². The maximum Gasteiger partial charge on any atom is 0.257 e. The minimum absolute atomic E-state index is 0.102. The molecule has 0 unspecified atom stereocenters. The number of aromatic amines is 1. The van der Waals surface area contributed by atoms with Gasteiger partial charge >= 0.3 is 0 Å². The molecular formula is C16H24N6O2. The van der Waals surface area contributed by atoms with Gasteiger partial charge in [0, 0.05) is 25.2 Å². The molecule has 8 heteroatoms. The predicted molar refractivity (Wildman–Crippen MR) is 87.3 cm³/mol. The van der Waals surface area contributed by atoms with Crippen molar-refractivity contribution in [1.29, 1.82) is 0 Å². The third kappa shape index (κ3) is 2.93. The fourth-order valence-corrected chi connectivity index (χ4v) is 3.21. The quantitative estimate of drug-likeness (QED) is 0.853. The van der Waals surface area contributed by atoms with Gasteiger partial charge in [-0.05, 0) is 12.8 Å². The van der Waals surface area contributed by atoms with Crippen molar-refractivity contribution in [3.05, 3.63) is 29.3 Å². The minimum atomic E-state index is -1.16. The number of likely N-dealkylation sites (tertiary alicyclic amines) is 1. The van der Waals surface area contributed by atoms with E-state index in [0.717, 1.165) is 5.69 Å². The van der Waals surface area contributed by atoms with Crippen LogP contribution in [0.4, 0.5) is 0 Å². The molecule has 0 bridgehead atoms. The molecular weight excluding hydrogens is 308 g/mol. The average molecular weight is 332 g/mol. The number of nitrogens with zero attached hydrogens (tertiary/aromatic N) is 5. The predicted octanol–water partition coefficient (Wildman–Crippen LogP) is 0.959. The van der Waals surface area contributed by atoms with E-state index in [9.17, 15) is 9.90 Å². The molecule has 0 radical (unpaired) electrons. The Labute approximate surface area is 140 Å². The van der Waals surface area contributed by atoms with Crippen LogP contribution in [-0.2, 0) is 18.1 Å². The van der Waals surface area contributed by atoms with Gasteiger partial charge < -0.3 is 10.0 Å². The summed E-state index contributed by atoms with van der Waals surface area (Å²) in [6, 6.07) is 0. The number of piperidine rings is 1. The molecule has 1 saturated heterocycles. The first-order chi connectivity index (χ1) is 11.2. The summed E-state index contributed by atoms with van der Waals surface area (Å²) in [5.41, 5.74) is 0.442. The van der Waals surface area contributed by atoms with E-state index in [1.807, 2.05) is 27.8 Å². The molecule has 0 aliphatic carbocycles. The van der Waals surface area contributed by atoms with Crippen molar-refractivity contribution in [3.63, 3.8) is 0 Å². The number of carbonyl (C=O) groups is 1. The van der Waals surface area contributed by atoms with Crippen LogP contribution in [0.15, 0.2) is 12.4 Å². The monoisotopic (exact) mass is 332 g/mol. The third-order valence-electron chi connectivity index (χ3n) is 4.42. The summed E-state index contributed by atoms with van der Waals surface area (Å²) in [6.07, 6.45) is 4.54. The molecule has 0 saturated carbocycles. The van der Waals surface area contributed by atoms with Crippen LogP contribution in [-0.4, -0.2) is 54.2 Å². The van der Waals surface area contributed by atoms with Gasteiger partial charge in [0.15, 0.2) is 0 Å². The number of aliphatic hydroxyl groups is 1. The lowest BCUT2D eigenvalue weighted by Crippen LogP contribution is -2.49. The van der Waals surface area contributed by atoms with Crippen molar-refractivity contribution in [2.24, 2.45) is 7.05 Å². The number of hydrogen-bond donors (Lipinski definition) is 2. The van der Waals surface area contributed by atoms with Crippen molar-refractivity contribution in [1.82, 2.24) is 30.1 Å². The summed E-state index contributed by atoms with van der Waals surface area (Å²) in [5, 5.41) is 25.6. The van der Waals surface area contributed by atoms with Crippen LogP contribution in [0, 0.1) is 0 Å². The van der Waals surface area contributed by atoms with Gasteiger partial charge in [0.1, 0.15) is 11.3 Å². The van der Waals surface area contributed by atoms with Gasteiger partial charge in [0.2, 0.25) is 0 Å². The van der Waals surface area contributed by atoms with Gasteiger partial charge in [-0.25, -0.2) is 0 Å². The highest BCUT2D eigenvalue weighted by Crippen LogP contribution is 2.32. The smallest absolute Gasteiger partial charge is 0.257 e. The lowest BCUT2D eigenvalue weighted by Gasteiger charge is -2.38. The molecule has 1 amide bonds. The second-order valence-electron chi connectivity index (χ2n) is 7.53. The Morgan fingerprint density at radius 3 is 2.79 bits per heavy atom. The Morgan fingerprint density at radius 2 is 2.17 bits per heavy atom. The van der Waals surface area contributed by atoms with Crippen LogP contribution in [0.25, 0.3) is 0 Å². The van der Waals surface area contributed by atoms with Gasteiger partial charge in [0.05, 0.1) is 24.0 Å². The third-order valence-corrected chi connectivity index (χ3v) is 4.42. The molecule has 2 aromatic heterocycles. The molecule has 1 fully saturated rings. The summed E-state index contributed by atoms with van der Waals surface area (Å²) < 4.78 is 1.67. The summed E-state index contributed by atoms with van der Waals surface area (Å²) >= 11 is 0. The molecule has 1 atom stereocenters. The van der Waals surface area contributed by atoms with Gasteiger partial charge in [-0.15, -0.1) is 0 Å². The van der Waals surface area contributed by atoms with Crippen LogP contribution >= 0.6 is 0 Å². The summed E-state index contributed by atoms with van der Waals surface area (Å²) in [7, 11) is 1.81. The Kier molecular flexibility index (Phi) is 3.95. The van der Waals surface area contributed by atoms with Gasteiger partial charge in [0.25, 0.3) is 5.91 Å². The zero-order valence-corrected chi connectivity index (χ0v) is 14.6. The number of amides is 1. The second-order valence-corrected chi connectivity index (χ2v) is 7.53. The maximum absolute atomic E-state index is 13.1. The number of β-amino-alcohol motifs (C(OH)–C–C–N with tert-alkyl or cyclic N) is 1. The van der Waals surface area contributed by atoms with E-state index in [1.165, 1.54) is 6.20 Å². The van der Waals surface area contributed by atoms with E-state index in [0.29, 0.717) is 30.6 Å². The second kappa shape index (κ2) is 5.70. The Morgan fingerprint density at radius 1 is 1.42 bits per heavy atom.